The Labute approximate surface area is 159 Å². The van der Waals surface area contributed by atoms with E-state index in [0.29, 0.717) is 17.5 Å². The molecule has 3 aromatic rings. The fraction of sp³-hybridized carbons (Fsp3) is 0.222. The number of rotatable bonds is 8. The summed E-state index contributed by atoms with van der Waals surface area (Å²) in [6.07, 6.45) is 4.93. The second-order valence-corrected chi connectivity index (χ2v) is 6.74. The van der Waals surface area contributed by atoms with Crippen LogP contribution < -0.4 is 0 Å². The van der Waals surface area contributed by atoms with Crippen LogP contribution >= 0.6 is 11.3 Å². The highest BCUT2D eigenvalue weighted by molar-refractivity contribution is 7.17. The van der Waals surface area contributed by atoms with Crippen LogP contribution in [0, 0.1) is 6.92 Å². The number of benzene rings is 1. The van der Waals surface area contributed by atoms with Crippen molar-refractivity contribution in [3.8, 4) is 0 Å². The van der Waals surface area contributed by atoms with E-state index in [1.807, 2.05) is 13.0 Å². The van der Waals surface area contributed by atoms with Crippen molar-refractivity contribution >= 4 is 34.1 Å². The van der Waals surface area contributed by atoms with Gasteiger partial charge in [0.1, 0.15) is 18.5 Å². The fourth-order valence-corrected chi connectivity index (χ4v) is 3.51. The lowest BCUT2D eigenvalue weighted by Crippen LogP contribution is -2.04. The number of fused-ring (bicyclic) bond motifs is 1. The Bertz CT molecular complexity index is 1010. The molecule has 0 radical (unpaired) electrons. The highest BCUT2D eigenvalue weighted by atomic mass is 32.1. The number of hydrogen-bond acceptors (Lipinski definition) is 7. The maximum Gasteiger partial charge on any atom is 0.339 e. The van der Waals surface area contributed by atoms with Crippen LogP contribution in [0.1, 0.15) is 21.7 Å². The van der Waals surface area contributed by atoms with Crippen molar-refractivity contribution in [3.05, 3.63) is 58.6 Å². The molecule has 0 amide bonds. The molecule has 1 N–H and O–H groups in total. The lowest BCUT2D eigenvalue weighted by molar-refractivity contribution is -0.130. The van der Waals surface area contributed by atoms with Crippen LogP contribution in [-0.2, 0) is 27.4 Å². The number of aliphatic carboxylic acids is 1. The number of hydrogen-bond donors (Lipinski definition) is 1. The van der Waals surface area contributed by atoms with E-state index in [9.17, 15) is 9.90 Å². The number of aryl methyl sites for hydroxylation is 1. The van der Waals surface area contributed by atoms with Crippen LogP contribution in [0.3, 0.4) is 0 Å². The van der Waals surface area contributed by atoms with Gasteiger partial charge in [0.15, 0.2) is 0 Å². The minimum absolute atomic E-state index is 0.0585. The van der Waals surface area contributed by atoms with Gasteiger partial charge in [-0.15, -0.1) is 0 Å². The van der Waals surface area contributed by atoms with Crippen LogP contribution in [0.4, 0.5) is 0 Å². The molecule has 0 aliphatic heterocycles. The molecule has 9 heteroatoms. The first-order valence-corrected chi connectivity index (χ1v) is 8.89. The van der Waals surface area contributed by atoms with Gasteiger partial charge in [0, 0.05) is 23.1 Å². The van der Waals surface area contributed by atoms with Crippen LogP contribution in [0.5, 0.6) is 0 Å². The Balaban J connectivity index is 1.66. The summed E-state index contributed by atoms with van der Waals surface area (Å²) >= 11 is 1.57. The molecule has 2 heterocycles. The SMILES string of the molecule is CO/C=C(/C(=O)O)c1ccccc1CON=CCc1c(C)sc2ncnn12. The van der Waals surface area contributed by atoms with Gasteiger partial charge in [-0.1, -0.05) is 40.8 Å². The number of carbonyl (C=O) groups is 1. The summed E-state index contributed by atoms with van der Waals surface area (Å²) in [5.41, 5.74) is 2.30. The zero-order chi connectivity index (χ0) is 19.2. The van der Waals surface area contributed by atoms with E-state index in [0.717, 1.165) is 15.5 Å². The predicted molar refractivity (Wildman–Crippen MR) is 102 cm³/mol. The van der Waals surface area contributed by atoms with Crippen molar-refractivity contribution in [2.75, 3.05) is 7.11 Å². The highest BCUT2D eigenvalue weighted by Crippen LogP contribution is 2.21. The molecule has 1 aromatic carbocycles. The molecule has 27 heavy (non-hydrogen) atoms. The quantitative estimate of drug-likeness (QED) is 0.277. The summed E-state index contributed by atoms with van der Waals surface area (Å²) in [4.78, 5) is 22.9. The monoisotopic (exact) mass is 386 g/mol. The Morgan fingerprint density at radius 1 is 1.41 bits per heavy atom. The topological polar surface area (TPSA) is 98.3 Å². The van der Waals surface area contributed by atoms with Crippen molar-refractivity contribution in [1.82, 2.24) is 14.6 Å². The number of oxime groups is 1. The van der Waals surface area contributed by atoms with Gasteiger partial charge in [-0.05, 0) is 12.5 Å². The van der Waals surface area contributed by atoms with Gasteiger partial charge in [-0.3, -0.25) is 0 Å². The Morgan fingerprint density at radius 3 is 3.00 bits per heavy atom. The summed E-state index contributed by atoms with van der Waals surface area (Å²) in [5.74, 6) is -1.07. The Morgan fingerprint density at radius 2 is 2.22 bits per heavy atom. The lowest BCUT2D eigenvalue weighted by Gasteiger charge is -2.09. The molecule has 0 fully saturated rings. The number of methoxy groups -OCH3 is 1. The standard InChI is InChI=1S/C18H18N4O4S/c1-12-16(22-18(27-12)19-11-20-22)7-8-21-26-9-13-5-3-4-6-14(13)15(10-25-2)17(23)24/h3-6,8,10-11H,7,9H2,1-2H3,(H,23,24)/b15-10+,21-8?. The molecule has 0 unspecified atom stereocenters. The first kappa shape index (κ1) is 18.6. The molecule has 0 atom stereocenters. The molecule has 0 aliphatic rings. The van der Waals surface area contributed by atoms with Crippen LogP contribution in [0.25, 0.3) is 10.5 Å². The van der Waals surface area contributed by atoms with E-state index < -0.39 is 5.97 Å². The largest absolute Gasteiger partial charge is 0.503 e. The summed E-state index contributed by atoms with van der Waals surface area (Å²) < 4.78 is 6.66. The van der Waals surface area contributed by atoms with Crippen LogP contribution in [0.15, 0.2) is 42.0 Å². The number of ether oxygens (including phenoxy) is 1. The van der Waals surface area contributed by atoms with E-state index >= 15 is 0 Å². The normalized spacial score (nSPS) is 12.0. The summed E-state index contributed by atoms with van der Waals surface area (Å²) in [6, 6.07) is 7.07. The average Bonchev–Trinajstić information content (AvgIpc) is 3.21. The summed E-state index contributed by atoms with van der Waals surface area (Å²) in [6.45, 7) is 2.15. The van der Waals surface area contributed by atoms with Crippen molar-refractivity contribution in [2.24, 2.45) is 5.16 Å². The zero-order valence-electron chi connectivity index (χ0n) is 14.8. The number of aromatic nitrogens is 3. The first-order valence-electron chi connectivity index (χ1n) is 8.08. The van der Waals surface area contributed by atoms with Crippen LogP contribution in [-0.4, -0.2) is 39.0 Å². The van der Waals surface area contributed by atoms with Gasteiger partial charge >= 0.3 is 5.97 Å². The second kappa shape index (κ2) is 8.45. The summed E-state index contributed by atoms with van der Waals surface area (Å²) in [5, 5.41) is 17.5. The minimum atomic E-state index is -1.07. The molecule has 3 rings (SSSR count). The predicted octanol–water partition coefficient (Wildman–Crippen LogP) is 2.92. The Kier molecular flexibility index (Phi) is 5.82. The highest BCUT2D eigenvalue weighted by Gasteiger charge is 2.15. The fourth-order valence-electron chi connectivity index (χ4n) is 2.60. The van der Waals surface area contributed by atoms with Gasteiger partial charge in [0.25, 0.3) is 0 Å². The van der Waals surface area contributed by atoms with Crippen molar-refractivity contribution in [3.63, 3.8) is 0 Å². The zero-order valence-corrected chi connectivity index (χ0v) is 15.6. The molecule has 0 saturated heterocycles. The van der Waals surface area contributed by atoms with E-state index in [1.165, 1.54) is 19.7 Å². The summed E-state index contributed by atoms with van der Waals surface area (Å²) in [7, 11) is 1.41. The third kappa shape index (κ3) is 4.14. The maximum atomic E-state index is 11.4. The third-order valence-electron chi connectivity index (χ3n) is 3.85. The molecule has 2 aromatic heterocycles. The maximum absolute atomic E-state index is 11.4. The van der Waals surface area contributed by atoms with E-state index in [2.05, 4.69) is 15.2 Å². The van der Waals surface area contributed by atoms with E-state index in [1.54, 1.807) is 40.3 Å². The molecule has 8 nitrogen and oxygen atoms in total. The number of carboxylic acid groups (broad SMARTS) is 1. The molecule has 0 bridgehead atoms. The average molecular weight is 386 g/mol. The molecular weight excluding hydrogens is 368 g/mol. The first-order chi connectivity index (χ1) is 13.1. The minimum Gasteiger partial charge on any atom is -0.503 e. The third-order valence-corrected chi connectivity index (χ3v) is 4.85. The number of carboxylic acids is 1. The second-order valence-electron chi connectivity index (χ2n) is 5.55. The van der Waals surface area contributed by atoms with Gasteiger partial charge in [0.05, 0.1) is 19.1 Å². The van der Waals surface area contributed by atoms with Crippen molar-refractivity contribution < 1.29 is 19.5 Å². The molecule has 140 valence electrons. The molecule has 0 saturated carbocycles. The van der Waals surface area contributed by atoms with Gasteiger partial charge in [-0.25, -0.2) is 14.3 Å². The van der Waals surface area contributed by atoms with Crippen molar-refractivity contribution in [2.45, 2.75) is 20.0 Å². The Hall–Kier alpha value is -3.20. The van der Waals surface area contributed by atoms with Gasteiger partial charge < -0.3 is 14.7 Å². The van der Waals surface area contributed by atoms with Gasteiger partial charge in [-0.2, -0.15) is 5.10 Å². The van der Waals surface area contributed by atoms with Gasteiger partial charge in [0.2, 0.25) is 4.96 Å². The number of nitrogens with zero attached hydrogens (tertiary/aromatic N) is 4. The molecule has 0 aliphatic carbocycles. The molecule has 0 spiro atoms. The smallest absolute Gasteiger partial charge is 0.339 e. The van der Waals surface area contributed by atoms with E-state index in [4.69, 9.17) is 9.57 Å². The lowest BCUT2D eigenvalue weighted by atomic mass is 10.0. The number of thiazole rings is 1. The van der Waals surface area contributed by atoms with E-state index in [-0.39, 0.29) is 12.2 Å². The van der Waals surface area contributed by atoms with Crippen LogP contribution in [0.2, 0.25) is 0 Å². The molecular formula is C18H18N4O4S. The van der Waals surface area contributed by atoms with Crippen molar-refractivity contribution in [1.29, 1.82) is 0 Å².